The zero-order valence-corrected chi connectivity index (χ0v) is 29.5. The number of aryl methyl sites for hydroxylation is 1. The van der Waals surface area contributed by atoms with Gasteiger partial charge in [-0.3, -0.25) is 19.2 Å². The third-order valence-corrected chi connectivity index (χ3v) is 10.5. The number of hydrogen-bond acceptors (Lipinski definition) is 7. The number of nitrogens with zero attached hydrogens (tertiary/aromatic N) is 2. The van der Waals surface area contributed by atoms with Crippen LogP contribution in [0.3, 0.4) is 0 Å². The van der Waals surface area contributed by atoms with Crippen molar-refractivity contribution in [1.29, 1.82) is 0 Å². The molecule has 2 bridgehead atoms. The minimum Gasteiger partial charge on any atom is -0.463 e. The van der Waals surface area contributed by atoms with Gasteiger partial charge in [-0.05, 0) is 56.2 Å². The number of halogens is 1. The second kappa shape index (κ2) is 16.8. The molecule has 0 saturated carbocycles. The molecule has 10 nitrogen and oxygen atoms in total. The van der Waals surface area contributed by atoms with Crippen LogP contribution in [0.15, 0.2) is 73.8 Å². The number of nitrogens with one attached hydrogen (secondary N) is 1. The van der Waals surface area contributed by atoms with Crippen LogP contribution in [0.2, 0.25) is 5.02 Å². The number of carbonyl (C=O) groups excluding carboxylic acids is 4. The maximum atomic E-state index is 14.9. The summed E-state index contributed by atoms with van der Waals surface area (Å²) in [5, 5.41) is 12.8. The lowest BCUT2D eigenvalue weighted by Gasteiger charge is -2.37. The number of carbonyl (C=O) groups is 4. The Morgan fingerprint density at radius 3 is 2.58 bits per heavy atom. The van der Waals surface area contributed by atoms with Gasteiger partial charge in [-0.2, -0.15) is 0 Å². The molecule has 5 rings (SSSR count). The Hall–Kier alpha value is -3.99. The lowest BCUT2D eigenvalue weighted by molar-refractivity contribution is -0.146. The van der Waals surface area contributed by atoms with Crippen LogP contribution in [0.1, 0.15) is 68.5 Å². The number of allylic oxidation sites excluding steroid dienone is 1. The minimum absolute atomic E-state index is 0.0808. The van der Waals surface area contributed by atoms with E-state index in [4.69, 9.17) is 21.1 Å². The number of para-hydroxylation sites is 1. The summed E-state index contributed by atoms with van der Waals surface area (Å²) < 4.78 is 12.2. The molecule has 0 aromatic heterocycles. The van der Waals surface area contributed by atoms with Gasteiger partial charge in [0.2, 0.25) is 11.8 Å². The van der Waals surface area contributed by atoms with E-state index >= 15 is 0 Å². The number of fused-ring (bicyclic) bond motifs is 1. The van der Waals surface area contributed by atoms with E-state index < -0.39 is 41.6 Å². The van der Waals surface area contributed by atoms with Crippen LogP contribution < -0.4 is 10.2 Å². The number of rotatable bonds is 18. The summed E-state index contributed by atoms with van der Waals surface area (Å²) >= 11 is 6.68. The van der Waals surface area contributed by atoms with Gasteiger partial charge in [-0.25, -0.2) is 0 Å². The number of anilines is 1. The van der Waals surface area contributed by atoms with Crippen molar-refractivity contribution < 1.29 is 33.8 Å². The average molecular weight is 706 g/mol. The Morgan fingerprint density at radius 1 is 1.12 bits per heavy atom. The SMILES string of the molecule is C=CCCC(=O)OC[C@H](NC(=O)[C@@H]1[C@@H]2CC[C@]3(O2)[C@H](C(=O)N(CC=C)c2c(C)cccc2Cl)N(CCCCCCO)C(=O)[C@@H]13)c1ccccc1. The van der Waals surface area contributed by atoms with Gasteiger partial charge in [-0.15, -0.1) is 13.2 Å². The summed E-state index contributed by atoms with van der Waals surface area (Å²) in [7, 11) is 0. The summed E-state index contributed by atoms with van der Waals surface area (Å²) in [6.07, 6.45) is 7.15. The fourth-order valence-electron chi connectivity index (χ4n) is 7.90. The van der Waals surface area contributed by atoms with Gasteiger partial charge in [-0.1, -0.05) is 79.1 Å². The van der Waals surface area contributed by atoms with Crippen molar-refractivity contribution in [3.63, 3.8) is 0 Å². The van der Waals surface area contributed by atoms with Crippen molar-refractivity contribution in [3.8, 4) is 0 Å². The number of benzene rings is 2. The van der Waals surface area contributed by atoms with Crippen LogP contribution in [0.25, 0.3) is 0 Å². The summed E-state index contributed by atoms with van der Waals surface area (Å²) in [5.41, 5.74) is 0.888. The molecule has 50 heavy (non-hydrogen) atoms. The van der Waals surface area contributed by atoms with Crippen molar-refractivity contribution in [2.45, 2.75) is 82.1 Å². The van der Waals surface area contributed by atoms with Crippen molar-refractivity contribution in [1.82, 2.24) is 10.2 Å². The Labute approximate surface area is 299 Å². The number of aliphatic hydroxyl groups excluding tert-OH is 1. The van der Waals surface area contributed by atoms with Crippen LogP contribution in [0.5, 0.6) is 0 Å². The van der Waals surface area contributed by atoms with Crippen molar-refractivity contribution >= 4 is 41.0 Å². The standard InChI is InChI=1S/C39H48ClN3O7/c1-4-6-19-31(45)49-25-29(27-16-10-9-11-17-27)41-36(46)32-30-20-21-39(50-30)33(32)37(47)43(23-12-7-8-13-24-44)35(39)38(48)42(22-5-2)34-26(3)15-14-18-28(34)40/h4-5,9-11,14-18,29-30,32-33,35,44H,1-2,6-8,12-13,19-25H2,3H3,(H,41,46)/t29-,30-,32+,33+,35-,39+/m0/s1. The van der Waals surface area contributed by atoms with E-state index in [1.165, 1.54) is 0 Å². The Balaban J connectivity index is 1.46. The molecular weight excluding hydrogens is 658 g/mol. The molecule has 268 valence electrons. The summed E-state index contributed by atoms with van der Waals surface area (Å²) in [4.78, 5) is 59.4. The predicted octanol–water partition coefficient (Wildman–Crippen LogP) is 5.46. The Kier molecular flexibility index (Phi) is 12.5. The lowest BCUT2D eigenvalue weighted by Crippen LogP contribution is -2.56. The number of hydrogen-bond donors (Lipinski definition) is 2. The Morgan fingerprint density at radius 2 is 1.88 bits per heavy atom. The third kappa shape index (κ3) is 7.53. The molecule has 3 saturated heterocycles. The van der Waals surface area contributed by atoms with E-state index in [1.54, 1.807) is 28.0 Å². The van der Waals surface area contributed by atoms with Crippen LogP contribution in [0, 0.1) is 18.8 Å². The van der Waals surface area contributed by atoms with E-state index in [-0.39, 0.29) is 43.9 Å². The van der Waals surface area contributed by atoms with Crippen molar-refractivity contribution in [2.75, 3.05) is 31.2 Å². The zero-order chi connectivity index (χ0) is 35.8. The van der Waals surface area contributed by atoms with E-state index in [0.717, 1.165) is 24.0 Å². The maximum Gasteiger partial charge on any atom is 0.306 e. The van der Waals surface area contributed by atoms with Crippen LogP contribution >= 0.6 is 11.6 Å². The molecule has 3 aliphatic rings. The number of aliphatic hydroxyl groups is 1. The first-order valence-electron chi connectivity index (χ1n) is 17.6. The normalized spacial score (nSPS) is 24.1. The van der Waals surface area contributed by atoms with Gasteiger partial charge in [0.15, 0.2) is 0 Å². The van der Waals surface area contributed by atoms with E-state index in [0.29, 0.717) is 49.4 Å². The highest BCUT2D eigenvalue weighted by Crippen LogP contribution is 2.59. The highest BCUT2D eigenvalue weighted by Gasteiger charge is 2.74. The van der Waals surface area contributed by atoms with Gasteiger partial charge in [0.05, 0.1) is 34.7 Å². The molecule has 0 radical (unpaired) electrons. The van der Waals surface area contributed by atoms with E-state index in [2.05, 4.69) is 18.5 Å². The molecule has 11 heteroatoms. The van der Waals surface area contributed by atoms with Gasteiger partial charge in [0, 0.05) is 26.1 Å². The fourth-order valence-corrected chi connectivity index (χ4v) is 8.22. The molecular formula is C39H48ClN3O7. The largest absolute Gasteiger partial charge is 0.463 e. The van der Waals surface area contributed by atoms with Crippen molar-refractivity contribution in [2.24, 2.45) is 11.8 Å². The van der Waals surface area contributed by atoms with Gasteiger partial charge >= 0.3 is 5.97 Å². The van der Waals surface area contributed by atoms with Crippen LogP contribution in [0.4, 0.5) is 5.69 Å². The second-order valence-electron chi connectivity index (χ2n) is 13.4. The molecule has 2 aromatic carbocycles. The third-order valence-electron chi connectivity index (χ3n) is 10.2. The van der Waals surface area contributed by atoms with Gasteiger partial charge in [0.25, 0.3) is 5.91 Å². The molecule has 2 aromatic rings. The number of amides is 3. The van der Waals surface area contributed by atoms with Crippen molar-refractivity contribution in [3.05, 3.63) is 90.0 Å². The molecule has 1 spiro atoms. The summed E-state index contributed by atoms with van der Waals surface area (Å²) in [5.74, 6) is -3.12. The highest BCUT2D eigenvalue weighted by molar-refractivity contribution is 6.34. The molecule has 3 heterocycles. The number of ether oxygens (including phenoxy) is 2. The topological polar surface area (TPSA) is 125 Å². The first kappa shape index (κ1) is 37.3. The predicted molar refractivity (Wildman–Crippen MR) is 191 cm³/mol. The number of unbranched alkanes of at least 4 members (excludes halogenated alkanes) is 3. The van der Waals surface area contributed by atoms with Gasteiger partial charge < -0.3 is 29.7 Å². The molecule has 3 fully saturated rings. The quantitative estimate of drug-likeness (QED) is 0.120. The van der Waals surface area contributed by atoms with E-state index in [1.807, 2.05) is 49.4 Å². The number of esters is 1. The molecule has 2 N–H and O–H groups in total. The Bertz CT molecular complexity index is 1550. The summed E-state index contributed by atoms with van der Waals surface area (Å²) in [6.45, 7) is 9.89. The fraction of sp³-hybridized carbons (Fsp3) is 0.487. The van der Waals surface area contributed by atoms with Crippen LogP contribution in [-0.4, -0.2) is 77.7 Å². The monoisotopic (exact) mass is 705 g/mol. The molecule has 3 aliphatic heterocycles. The first-order valence-corrected chi connectivity index (χ1v) is 17.9. The molecule has 6 atom stereocenters. The molecule has 3 amide bonds. The maximum absolute atomic E-state index is 14.9. The highest BCUT2D eigenvalue weighted by atomic mass is 35.5. The van der Waals surface area contributed by atoms with Crippen LogP contribution in [-0.2, 0) is 28.7 Å². The lowest BCUT2D eigenvalue weighted by atomic mass is 9.70. The van der Waals surface area contributed by atoms with Gasteiger partial charge in [0.1, 0.15) is 18.2 Å². The van der Waals surface area contributed by atoms with E-state index in [9.17, 15) is 24.3 Å². The average Bonchev–Trinajstić information content (AvgIpc) is 3.76. The summed E-state index contributed by atoms with van der Waals surface area (Å²) in [6, 6.07) is 13.0. The zero-order valence-electron chi connectivity index (χ0n) is 28.7. The molecule has 0 aliphatic carbocycles. The minimum atomic E-state index is -1.21. The first-order chi connectivity index (χ1) is 24.2. The molecule has 0 unspecified atom stereocenters. The smallest absolute Gasteiger partial charge is 0.306 e. The second-order valence-corrected chi connectivity index (χ2v) is 13.8. The number of likely N-dealkylation sites (tertiary alicyclic amines) is 1.